The van der Waals surface area contributed by atoms with Gasteiger partial charge >= 0.3 is 0 Å². The molecule has 1 aromatic carbocycles. The van der Waals surface area contributed by atoms with Gasteiger partial charge in [-0.05, 0) is 19.4 Å². The van der Waals surface area contributed by atoms with Crippen LogP contribution < -0.4 is 11.1 Å². The Morgan fingerprint density at radius 1 is 1.31 bits per heavy atom. The van der Waals surface area contributed by atoms with Crippen molar-refractivity contribution < 1.29 is 4.79 Å². The quantitative estimate of drug-likeness (QED) is 0.844. The van der Waals surface area contributed by atoms with Gasteiger partial charge in [0.2, 0.25) is 5.91 Å². The standard InChI is InChI=1S/C12H18N2O.ClH/c1-9(8-13)14-12(15)10(2)11-6-4-3-5-7-11;/h3-7,9-10H,8,13H2,1-2H3,(H,14,15);1H/t9-,10?;/m1./s1. The van der Waals surface area contributed by atoms with Gasteiger partial charge in [0.25, 0.3) is 0 Å². The molecule has 3 N–H and O–H groups in total. The number of nitrogens with one attached hydrogen (secondary N) is 1. The third-order valence-corrected chi connectivity index (χ3v) is 2.44. The van der Waals surface area contributed by atoms with Gasteiger partial charge in [0.1, 0.15) is 0 Å². The minimum absolute atomic E-state index is 0. The average molecular weight is 243 g/mol. The summed E-state index contributed by atoms with van der Waals surface area (Å²) in [6, 6.07) is 9.76. The van der Waals surface area contributed by atoms with Gasteiger partial charge in [0, 0.05) is 12.6 Å². The zero-order valence-corrected chi connectivity index (χ0v) is 10.5. The van der Waals surface area contributed by atoms with E-state index in [2.05, 4.69) is 5.32 Å². The molecule has 0 fully saturated rings. The zero-order valence-electron chi connectivity index (χ0n) is 9.64. The van der Waals surface area contributed by atoms with Crippen molar-refractivity contribution in [1.82, 2.24) is 5.32 Å². The first-order chi connectivity index (χ1) is 7.15. The van der Waals surface area contributed by atoms with Crippen molar-refractivity contribution in [3.8, 4) is 0 Å². The number of carbonyl (C=O) groups is 1. The van der Waals surface area contributed by atoms with Gasteiger partial charge in [0.15, 0.2) is 0 Å². The molecule has 0 heterocycles. The van der Waals surface area contributed by atoms with Crippen molar-refractivity contribution in [3.63, 3.8) is 0 Å². The number of hydrogen-bond donors (Lipinski definition) is 2. The highest BCUT2D eigenvalue weighted by molar-refractivity contribution is 5.85. The number of carbonyl (C=O) groups excluding carboxylic acids is 1. The van der Waals surface area contributed by atoms with Gasteiger partial charge in [-0.25, -0.2) is 0 Å². The summed E-state index contributed by atoms with van der Waals surface area (Å²) in [7, 11) is 0. The second-order valence-corrected chi connectivity index (χ2v) is 3.78. The molecule has 0 spiro atoms. The average Bonchev–Trinajstić information content (AvgIpc) is 2.29. The molecule has 2 atom stereocenters. The van der Waals surface area contributed by atoms with Crippen LogP contribution >= 0.6 is 12.4 Å². The highest BCUT2D eigenvalue weighted by Gasteiger charge is 2.15. The largest absolute Gasteiger partial charge is 0.352 e. The topological polar surface area (TPSA) is 55.1 Å². The van der Waals surface area contributed by atoms with E-state index >= 15 is 0 Å². The van der Waals surface area contributed by atoms with Gasteiger partial charge in [-0.3, -0.25) is 4.79 Å². The summed E-state index contributed by atoms with van der Waals surface area (Å²) in [5.41, 5.74) is 6.47. The van der Waals surface area contributed by atoms with E-state index in [1.54, 1.807) is 0 Å². The maximum Gasteiger partial charge on any atom is 0.227 e. The second kappa shape index (κ2) is 7.25. The van der Waals surface area contributed by atoms with Crippen LogP contribution in [-0.2, 0) is 4.79 Å². The third-order valence-electron chi connectivity index (χ3n) is 2.44. The van der Waals surface area contributed by atoms with E-state index in [9.17, 15) is 4.79 Å². The first-order valence-corrected chi connectivity index (χ1v) is 5.20. The number of benzene rings is 1. The second-order valence-electron chi connectivity index (χ2n) is 3.78. The van der Waals surface area contributed by atoms with Gasteiger partial charge in [-0.1, -0.05) is 30.3 Å². The Hall–Kier alpha value is -1.06. The molecule has 0 aromatic heterocycles. The lowest BCUT2D eigenvalue weighted by molar-refractivity contribution is -0.122. The lowest BCUT2D eigenvalue weighted by Gasteiger charge is -2.16. The number of amides is 1. The molecule has 0 radical (unpaired) electrons. The van der Waals surface area contributed by atoms with Crippen molar-refractivity contribution in [1.29, 1.82) is 0 Å². The maximum atomic E-state index is 11.7. The highest BCUT2D eigenvalue weighted by Crippen LogP contribution is 2.14. The Labute approximate surface area is 103 Å². The first-order valence-electron chi connectivity index (χ1n) is 5.20. The Morgan fingerprint density at radius 3 is 2.38 bits per heavy atom. The summed E-state index contributed by atoms with van der Waals surface area (Å²) in [6.45, 7) is 4.26. The Balaban J connectivity index is 0.00000225. The van der Waals surface area contributed by atoms with Crippen LogP contribution in [0.4, 0.5) is 0 Å². The summed E-state index contributed by atoms with van der Waals surface area (Å²) >= 11 is 0. The van der Waals surface area contributed by atoms with Crippen LogP contribution in [0.25, 0.3) is 0 Å². The van der Waals surface area contributed by atoms with Crippen molar-refractivity contribution in [3.05, 3.63) is 35.9 Å². The Kier molecular flexibility index (Phi) is 6.77. The van der Waals surface area contributed by atoms with E-state index in [4.69, 9.17) is 5.73 Å². The lowest BCUT2D eigenvalue weighted by Crippen LogP contribution is -2.39. The Bertz CT molecular complexity index is 316. The zero-order chi connectivity index (χ0) is 11.3. The molecule has 0 saturated heterocycles. The van der Waals surface area contributed by atoms with Crippen LogP contribution in [0.2, 0.25) is 0 Å². The predicted molar refractivity (Wildman–Crippen MR) is 68.8 cm³/mol. The molecule has 16 heavy (non-hydrogen) atoms. The van der Waals surface area contributed by atoms with Crippen LogP contribution in [-0.4, -0.2) is 18.5 Å². The van der Waals surface area contributed by atoms with Gasteiger partial charge in [0.05, 0.1) is 5.92 Å². The summed E-state index contributed by atoms with van der Waals surface area (Å²) in [5, 5.41) is 2.86. The highest BCUT2D eigenvalue weighted by atomic mass is 35.5. The molecule has 1 aromatic rings. The maximum absolute atomic E-state index is 11.7. The van der Waals surface area contributed by atoms with Crippen LogP contribution in [0.1, 0.15) is 25.3 Å². The van der Waals surface area contributed by atoms with Crippen LogP contribution in [0, 0.1) is 0 Å². The molecule has 3 nitrogen and oxygen atoms in total. The molecule has 0 aliphatic carbocycles. The summed E-state index contributed by atoms with van der Waals surface area (Å²) in [4.78, 5) is 11.7. The molecule has 0 aliphatic rings. The third kappa shape index (κ3) is 4.21. The van der Waals surface area contributed by atoms with Crippen molar-refractivity contribution in [2.24, 2.45) is 5.73 Å². The van der Waals surface area contributed by atoms with E-state index in [0.29, 0.717) is 6.54 Å². The van der Waals surface area contributed by atoms with Crippen molar-refractivity contribution in [2.75, 3.05) is 6.54 Å². The number of nitrogens with two attached hydrogens (primary N) is 1. The summed E-state index contributed by atoms with van der Waals surface area (Å²) < 4.78 is 0. The molecule has 0 bridgehead atoms. The number of rotatable bonds is 4. The van der Waals surface area contributed by atoms with E-state index in [1.165, 1.54) is 0 Å². The van der Waals surface area contributed by atoms with Crippen LogP contribution in [0.15, 0.2) is 30.3 Å². The normalized spacial score (nSPS) is 13.4. The lowest BCUT2D eigenvalue weighted by atomic mass is 10.0. The fourth-order valence-electron chi connectivity index (χ4n) is 1.32. The van der Waals surface area contributed by atoms with Crippen molar-refractivity contribution in [2.45, 2.75) is 25.8 Å². The predicted octanol–water partition coefficient (Wildman–Crippen LogP) is 1.68. The van der Waals surface area contributed by atoms with Crippen LogP contribution in [0.5, 0.6) is 0 Å². The monoisotopic (exact) mass is 242 g/mol. The first kappa shape index (κ1) is 14.9. The van der Waals surface area contributed by atoms with E-state index in [-0.39, 0.29) is 30.3 Å². The summed E-state index contributed by atoms with van der Waals surface area (Å²) in [5.74, 6) is -0.0978. The summed E-state index contributed by atoms with van der Waals surface area (Å²) in [6.07, 6.45) is 0. The molecular weight excluding hydrogens is 224 g/mol. The molecule has 1 amide bonds. The SMILES string of the molecule is CC(C(=O)N[C@H](C)CN)c1ccccc1.Cl. The van der Waals surface area contributed by atoms with Crippen LogP contribution in [0.3, 0.4) is 0 Å². The molecule has 90 valence electrons. The Morgan fingerprint density at radius 2 is 1.88 bits per heavy atom. The smallest absolute Gasteiger partial charge is 0.227 e. The fourth-order valence-corrected chi connectivity index (χ4v) is 1.32. The molecule has 1 rings (SSSR count). The van der Waals surface area contributed by atoms with Crippen molar-refractivity contribution >= 4 is 18.3 Å². The molecule has 0 aliphatic heterocycles. The molecule has 4 heteroatoms. The van der Waals surface area contributed by atoms with E-state index in [0.717, 1.165) is 5.56 Å². The van der Waals surface area contributed by atoms with E-state index in [1.807, 2.05) is 44.2 Å². The molecular formula is C12H19ClN2O. The van der Waals surface area contributed by atoms with E-state index < -0.39 is 0 Å². The number of halogens is 1. The minimum Gasteiger partial charge on any atom is -0.352 e. The molecule has 1 unspecified atom stereocenters. The van der Waals surface area contributed by atoms with Gasteiger partial charge in [-0.2, -0.15) is 0 Å². The van der Waals surface area contributed by atoms with Gasteiger partial charge in [-0.15, -0.1) is 12.4 Å². The molecule has 0 saturated carbocycles. The number of hydrogen-bond acceptors (Lipinski definition) is 2. The fraction of sp³-hybridized carbons (Fsp3) is 0.417. The van der Waals surface area contributed by atoms with Gasteiger partial charge < -0.3 is 11.1 Å². The minimum atomic E-state index is -0.125.